The fourth-order valence-corrected chi connectivity index (χ4v) is 3.09. The molecule has 0 aliphatic heterocycles. The summed E-state index contributed by atoms with van der Waals surface area (Å²) in [6.07, 6.45) is 4.80. The minimum Gasteiger partial charge on any atom is -0.388 e. The van der Waals surface area contributed by atoms with Crippen LogP contribution in [0.3, 0.4) is 0 Å². The average Bonchev–Trinajstić information content (AvgIpc) is 2.34. The van der Waals surface area contributed by atoms with Crippen molar-refractivity contribution in [2.75, 3.05) is 0 Å². The first-order chi connectivity index (χ1) is 8.50. The molecule has 4 unspecified atom stereocenters. The Morgan fingerprint density at radius 1 is 1.17 bits per heavy atom. The Bertz CT molecular complexity index is 307. The molecular formula is C13H23NO4. The smallest absolute Gasteiger partial charge is 0.226 e. The topological polar surface area (TPSA) is 79.1 Å². The third-order valence-electron chi connectivity index (χ3n) is 4.38. The lowest BCUT2D eigenvalue weighted by atomic mass is 9.82. The van der Waals surface area contributed by atoms with Gasteiger partial charge in [0.1, 0.15) is 6.10 Å². The summed E-state index contributed by atoms with van der Waals surface area (Å²) in [4.78, 5) is 11.2. The fourth-order valence-electron chi connectivity index (χ4n) is 3.09. The normalized spacial score (nSPS) is 45.7. The van der Waals surface area contributed by atoms with Crippen LogP contribution in [0.4, 0.5) is 0 Å². The molecule has 2 N–H and O–H groups in total. The third-order valence-corrected chi connectivity index (χ3v) is 4.38. The molecule has 104 valence electrons. The molecular weight excluding hydrogens is 234 g/mol. The maximum absolute atomic E-state index is 11.2. The minimum atomic E-state index is -1.34. The first-order valence-electron chi connectivity index (χ1n) is 6.93. The molecule has 2 rings (SSSR count). The SMILES string of the molecule is CC1(O)CCCCC1OC1(N=O)CCCCC1O. The number of aliphatic hydroxyl groups excluding tert-OH is 1. The highest BCUT2D eigenvalue weighted by atomic mass is 16.6. The van der Waals surface area contributed by atoms with Crippen molar-refractivity contribution >= 4 is 0 Å². The van der Waals surface area contributed by atoms with E-state index in [-0.39, 0.29) is 0 Å². The van der Waals surface area contributed by atoms with Crippen LogP contribution in [0, 0.1) is 4.91 Å². The van der Waals surface area contributed by atoms with Crippen LogP contribution in [0.1, 0.15) is 58.3 Å². The van der Waals surface area contributed by atoms with Gasteiger partial charge >= 0.3 is 0 Å². The molecule has 5 heteroatoms. The summed E-state index contributed by atoms with van der Waals surface area (Å²) in [5, 5.41) is 23.4. The van der Waals surface area contributed by atoms with Crippen molar-refractivity contribution in [1.29, 1.82) is 0 Å². The van der Waals surface area contributed by atoms with E-state index in [1.54, 1.807) is 6.92 Å². The van der Waals surface area contributed by atoms with Crippen molar-refractivity contribution in [3.8, 4) is 0 Å². The van der Waals surface area contributed by atoms with Crippen LogP contribution in [0.15, 0.2) is 5.18 Å². The minimum absolute atomic E-state index is 0.406. The molecule has 5 nitrogen and oxygen atoms in total. The highest BCUT2D eigenvalue weighted by Gasteiger charge is 2.48. The summed E-state index contributed by atoms with van der Waals surface area (Å²) in [6, 6.07) is 0. The number of hydrogen-bond donors (Lipinski definition) is 2. The lowest BCUT2D eigenvalue weighted by Gasteiger charge is -2.44. The van der Waals surface area contributed by atoms with Gasteiger partial charge in [0.05, 0.1) is 11.7 Å². The van der Waals surface area contributed by atoms with E-state index >= 15 is 0 Å². The van der Waals surface area contributed by atoms with Gasteiger partial charge in [0.25, 0.3) is 0 Å². The largest absolute Gasteiger partial charge is 0.388 e. The highest BCUT2D eigenvalue weighted by molar-refractivity contribution is 4.95. The summed E-state index contributed by atoms with van der Waals surface area (Å²) in [5.74, 6) is 0. The maximum Gasteiger partial charge on any atom is 0.226 e. The van der Waals surface area contributed by atoms with Gasteiger partial charge in [0.15, 0.2) is 0 Å². The highest BCUT2D eigenvalue weighted by Crippen LogP contribution is 2.39. The first-order valence-corrected chi connectivity index (χ1v) is 6.93. The Hall–Kier alpha value is -0.520. The van der Waals surface area contributed by atoms with E-state index in [1.807, 2.05) is 0 Å². The van der Waals surface area contributed by atoms with Crippen LogP contribution in [-0.4, -0.2) is 33.7 Å². The molecule has 0 spiro atoms. The van der Waals surface area contributed by atoms with Crippen LogP contribution in [0.5, 0.6) is 0 Å². The molecule has 2 saturated carbocycles. The number of nitroso groups, excluding NO2 is 1. The van der Waals surface area contributed by atoms with Gasteiger partial charge in [-0.2, -0.15) is 0 Å². The van der Waals surface area contributed by atoms with Crippen LogP contribution in [0.2, 0.25) is 0 Å². The second kappa shape index (κ2) is 5.23. The first kappa shape index (κ1) is 13.9. The Kier molecular flexibility index (Phi) is 4.04. The standard InChI is InChI=1S/C13H23NO4/c1-12(16)8-4-3-7-11(12)18-13(14-17)9-5-2-6-10(13)15/h10-11,15-16H,2-9H2,1H3. The van der Waals surface area contributed by atoms with Crippen molar-refractivity contribution in [2.45, 2.75) is 81.8 Å². The second-order valence-electron chi connectivity index (χ2n) is 5.91. The van der Waals surface area contributed by atoms with E-state index in [2.05, 4.69) is 5.18 Å². The van der Waals surface area contributed by atoms with Crippen LogP contribution in [0.25, 0.3) is 0 Å². The molecule has 0 radical (unpaired) electrons. The summed E-state index contributed by atoms with van der Waals surface area (Å²) >= 11 is 0. The Morgan fingerprint density at radius 2 is 1.83 bits per heavy atom. The molecule has 0 heterocycles. The van der Waals surface area contributed by atoms with Gasteiger partial charge in [-0.15, -0.1) is 4.91 Å². The van der Waals surface area contributed by atoms with Gasteiger partial charge in [-0.3, -0.25) is 0 Å². The molecule has 0 aromatic heterocycles. The zero-order valence-corrected chi connectivity index (χ0v) is 11.0. The summed E-state index contributed by atoms with van der Waals surface area (Å²) in [5.41, 5.74) is -2.27. The Labute approximate surface area is 108 Å². The molecule has 4 atom stereocenters. The molecule has 2 aliphatic rings. The van der Waals surface area contributed by atoms with Crippen LogP contribution in [-0.2, 0) is 4.74 Å². The maximum atomic E-state index is 11.2. The van der Waals surface area contributed by atoms with E-state index in [1.165, 1.54) is 0 Å². The lowest BCUT2D eigenvalue weighted by Crippen LogP contribution is -2.53. The van der Waals surface area contributed by atoms with Gasteiger partial charge in [-0.05, 0) is 37.8 Å². The average molecular weight is 257 g/mol. The summed E-state index contributed by atoms with van der Waals surface area (Å²) in [6.45, 7) is 1.74. The van der Waals surface area contributed by atoms with E-state index < -0.39 is 23.5 Å². The van der Waals surface area contributed by atoms with Gasteiger partial charge in [0.2, 0.25) is 5.72 Å². The van der Waals surface area contributed by atoms with Gasteiger partial charge in [0, 0.05) is 6.42 Å². The van der Waals surface area contributed by atoms with Crippen LogP contribution >= 0.6 is 0 Å². The molecule has 2 aliphatic carbocycles. The van der Waals surface area contributed by atoms with E-state index in [9.17, 15) is 15.1 Å². The predicted molar refractivity (Wildman–Crippen MR) is 67.0 cm³/mol. The zero-order valence-electron chi connectivity index (χ0n) is 11.0. The Morgan fingerprint density at radius 3 is 2.44 bits per heavy atom. The third kappa shape index (κ3) is 2.58. The van der Waals surface area contributed by atoms with E-state index in [0.29, 0.717) is 19.3 Å². The number of aliphatic hydroxyl groups is 2. The summed E-state index contributed by atoms with van der Waals surface area (Å²) in [7, 11) is 0. The van der Waals surface area contributed by atoms with Crippen molar-refractivity contribution in [3.05, 3.63) is 4.91 Å². The molecule has 0 aromatic carbocycles. The number of hydrogen-bond acceptors (Lipinski definition) is 5. The van der Waals surface area contributed by atoms with Crippen molar-refractivity contribution in [2.24, 2.45) is 5.18 Å². The predicted octanol–water partition coefficient (Wildman–Crippen LogP) is 2.09. The second-order valence-corrected chi connectivity index (χ2v) is 5.91. The van der Waals surface area contributed by atoms with Gasteiger partial charge in [-0.1, -0.05) is 19.3 Å². The van der Waals surface area contributed by atoms with E-state index in [4.69, 9.17) is 4.74 Å². The van der Waals surface area contributed by atoms with E-state index in [0.717, 1.165) is 32.1 Å². The molecule has 0 bridgehead atoms. The Balaban J connectivity index is 2.11. The molecule has 0 aromatic rings. The molecule has 0 amide bonds. The zero-order chi connectivity index (χ0) is 13.2. The molecule has 2 fully saturated rings. The number of rotatable bonds is 3. The molecule has 0 saturated heterocycles. The van der Waals surface area contributed by atoms with Gasteiger partial charge in [-0.25, -0.2) is 0 Å². The summed E-state index contributed by atoms with van der Waals surface area (Å²) < 4.78 is 5.82. The van der Waals surface area contributed by atoms with Crippen molar-refractivity contribution in [1.82, 2.24) is 0 Å². The fraction of sp³-hybridized carbons (Fsp3) is 1.00. The quantitative estimate of drug-likeness (QED) is 0.759. The lowest BCUT2D eigenvalue weighted by molar-refractivity contribution is -0.222. The van der Waals surface area contributed by atoms with Gasteiger partial charge < -0.3 is 14.9 Å². The van der Waals surface area contributed by atoms with Crippen LogP contribution < -0.4 is 0 Å². The number of ether oxygens (including phenoxy) is 1. The monoisotopic (exact) mass is 257 g/mol. The van der Waals surface area contributed by atoms with Crippen molar-refractivity contribution < 1.29 is 14.9 Å². The molecule has 18 heavy (non-hydrogen) atoms. The van der Waals surface area contributed by atoms with Crippen molar-refractivity contribution in [3.63, 3.8) is 0 Å². The number of nitrogens with zero attached hydrogens (tertiary/aromatic N) is 1.